The van der Waals surface area contributed by atoms with E-state index in [-0.39, 0.29) is 0 Å². The fraction of sp³-hybridized carbons (Fsp3) is 0.200. The van der Waals surface area contributed by atoms with Gasteiger partial charge in [-0.1, -0.05) is 60.7 Å². The van der Waals surface area contributed by atoms with Gasteiger partial charge in [0.15, 0.2) is 0 Å². The average Bonchev–Trinajstić information content (AvgIpc) is 2.46. The van der Waals surface area contributed by atoms with Crippen LogP contribution in [0.3, 0.4) is 0 Å². The maximum atomic E-state index is 5.97. The molecular formula is C15H18O2Si. The summed E-state index contributed by atoms with van der Waals surface area (Å²) in [6, 6.07) is 20.8. The van der Waals surface area contributed by atoms with E-state index in [0.29, 0.717) is 13.4 Å². The first kappa shape index (κ1) is 13.0. The minimum Gasteiger partial charge on any atom is -0.389 e. The first-order valence-electron chi connectivity index (χ1n) is 6.21. The van der Waals surface area contributed by atoms with Gasteiger partial charge in [0.2, 0.25) is 9.04 Å². The lowest BCUT2D eigenvalue weighted by Gasteiger charge is -2.16. The Labute approximate surface area is 110 Å². The SMILES string of the molecule is CCOCO[SiH](c1ccccc1)c1ccccc1. The molecule has 0 fully saturated rings. The van der Waals surface area contributed by atoms with Crippen LogP contribution in [0, 0.1) is 0 Å². The number of hydrogen-bond acceptors (Lipinski definition) is 2. The van der Waals surface area contributed by atoms with Gasteiger partial charge < -0.3 is 9.16 Å². The zero-order valence-corrected chi connectivity index (χ0v) is 11.7. The Bertz CT molecular complexity index is 405. The van der Waals surface area contributed by atoms with Gasteiger partial charge >= 0.3 is 0 Å². The average molecular weight is 258 g/mol. The van der Waals surface area contributed by atoms with Crippen molar-refractivity contribution in [1.29, 1.82) is 0 Å². The molecule has 0 radical (unpaired) electrons. The van der Waals surface area contributed by atoms with Crippen molar-refractivity contribution in [3.05, 3.63) is 60.7 Å². The Morgan fingerprint density at radius 2 is 1.33 bits per heavy atom. The molecule has 0 aliphatic heterocycles. The topological polar surface area (TPSA) is 18.5 Å². The van der Waals surface area contributed by atoms with E-state index in [2.05, 4.69) is 48.5 Å². The van der Waals surface area contributed by atoms with E-state index in [9.17, 15) is 0 Å². The van der Waals surface area contributed by atoms with Crippen molar-refractivity contribution < 1.29 is 9.16 Å². The summed E-state index contributed by atoms with van der Waals surface area (Å²) in [5.74, 6) is 0. The normalized spacial score (nSPS) is 10.8. The lowest BCUT2D eigenvalue weighted by Crippen LogP contribution is -2.45. The summed E-state index contributed by atoms with van der Waals surface area (Å²) in [7, 11) is -1.61. The molecule has 2 aromatic rings. The third-order valence-electron chi connectivity index (χ3n) is 2.73. The molecule has 0 heterocycles. The standard InChI is InChI=1S/C15H18O2Si/c1-2-16-13-17-18(14-9-5-3-6-10-14)15-11-7-4-8-12-15/h3-12,18H,2,13H2,1H3. The largest absolute Gasteiger partial charge is 0.389 e. The third kappa shape index (κ3) is 3.53. The molecule has 0 atom stereocenters. The molecule has 0 aliphatic rings. The van der Waals surface area contributed by atoms with Crippen LogP contribution < -0.4 is 10.4 Å². The zero-order valence-electron chi connectivity index (χ0n) is 10.6. The summed E-state index contributed by atoms with van der Waals surface area (Å²) >= 11 is 0. The molecule has 0 saturated carbocycles. The van der Waals surface area contributed by atoms with Crippen molar-refractivity contribution in [2.45, 2.75) is 6.92 Å². The first-order chi connectivity index (χ1) is 8.92. The Hall–Kier alpha value is -1.42. The van der Waals surface area contributed by atoms with Gasteiger partial charge in [-0.05, 0) is 17.3 Å². The molecule has 0 bridgehead atoms. The lowest BCUT2D eigenvalue weighted by molar-refractivity contribution is 0.0233. The fourth-order valence-electron chi connectivity index (χ4n) is 1.84. The Morgan fingerprint density at radius 3 is 1.78 bits per heavy atom. The quantitative estimate of drug-likeness (QED) is 0.444. The summed E-state index contributed by atoms with van der Waals surface area (Å²) in [5, 5.41) is 2.56. The van der Waals surface area contributed by atoms with Crippen molar-refractivity contribution in [1.82, 2.24) is 0 Å². The number of ether oxygens (including phenoxy) is 1. The van der Waals surface area contributed by atoms with Crippen LogP contribution in [0.15, 0.2) is 60.7 Å². The van der Waals surface area contributed by atoms with Crippen LogP contribution >= 0.6 is 0 Å². The van der Waals surface area contributed by atoms with E-state index >= 15 is 0 Å². The molecule has 94 valence electrons. The molecule has 0 aliphatic carbocycles. The van der Waals surface area contributed by atoms with Crippen molar-refractivity contribution in [2.24, 2.45) is 0 Å². The molecule has 18 heavy (non-hydrogen) atoms. The monoisotopic (exact) mass is 258 g/mol. The van der Waals surface area contributed by atoms with Gasteiger partial charge in [0, 0.05) is 6.61 Å². The molecule has 0 amide bonds. The predicted molar refractivity (Wildman–Crippen MR) is 76.9 cm³/mol. The summed E-state index contributed by atoms with van der Waals surface area (Å²) in [4.78, 5) is 0. The van der Waals surface area contributed by atoms with E-state index in [1.807, 2.05) is 19.1 Å². The van der Waals surface area contributed by atoms with Crippen LogP contribution in [0.1, 0.15) is 6.92 Å². The summed E-state index contributed by atoms with van der Waals surface area (Å²) in [5.41, 5.74) is 0. The van der Waals surface area contributed by atoms with Crippen LogP contribution in [-0.4, -0.2) is 22.4 Å². The van der Waals surface area contributed by atoms with Gasteiger partial charge in [-0.2, -0.15) is 0 Å². The van der Waals surface area contributed by atoms with Crippen LogP contribution in [-0.2, 0) is 9.16 Å². The first-order valence-corrected chi connectivity index (χ1v) is 7.83. The maximum Gasteiger partial charge on any atom is 0.242 e. The highest BCUT2D eigenvalue weighted by atomic mass is 28.3. The molecule has 0 saturated heterocycles. The number of hydrogen-bond donors (Lipinski definition) is 0. The highest BCUT2D eigenvalue weighted by molar-refractivity contribution is 6.80. The maximum absolute atomic E-state index is 5.97. The minimum absolute atomic E-state index is 0.372. The van der Waals surface area contributed by atoms with E-state index in [0.717, 1.165) is 0 Å². The third-order valence-corrected chi connectivity index (χ3v) is 5.18. The Morgan fingerprint density at radius 1 is 0.833 bits per heavy atom. The summed E-state index contributed by atoms with van der Waals surface area (Å²) < 4.78 is 11.3. The van der Waals surface area contributed by atoms with Gasteiger partial charge in [0.05, 0.1) is 0 Å². The molecule has 0 N–H and O–H groups in total. The van der Waals surface area contributed by atoms with Crippen molar-refractivity contribution in [3.8, 4) is 0 Å². The van der Waals surface area contributed by atoms with E-state index in [1.54, 1.807) is 0 Å². The second-order valence-electron chi connectivity index (χ2n) is 3.98. The van der Waals surface area contributed by atoms with Gasteiger partial charge in [-0.15, -0.1) is 0 Å². The highest BCUT2D eigenvalue weighted by Gasteiger charge is 2.16. The summed E-state index contributed by atoms with van der Waals surface area (Å²) in [6.07, 6.45) is 0. The van der Waals surface area contributed by atoms with Crippen LogP contribution in [0.2, 0.25) is 0 Å². The van der Waals surface area contributed by atoms with Crippen molar-refractivity contribution >= 4 is 19.4 Å². The van der Waals surface area contributed by atoms with E-state index in [1.165, 1.54) is 10.4 Å². The minimum atomic E-state index is -1.61. The number of benzene rings is 2. The molecule has 2 aromatic carbocycles. The molecule has 0 spiro atoms. The van der Waals surface area contributed by atoms with Gasteiger partial charge in [-0.25, -0.2) is 0 Å². The number of rotatable bonds is 6. The van der Waals surface area contributed by atoms with Crippen molar-refractivity contribution in [2.75, 3.05) is 13.4 Å². The molecule has 0 aromatic heterocycles. The van der Waals surface area contributed by atoms with Gasteiger partial charge in [0.25, 0.3) is 0 Å². The zero-order chi connectivity index (χ0) is 12.6. The Balaban J connectivity index is 2.18. The highest BCUT2D eigenvalue weighted by Crippen LogP contribution is 1.95. The smallest absolute Gasteiger partial charge is 0.242 e. The molecule has 0 unspecified atom stereocenters. The second-order valence-corrected chi connectivity index (χ2v) is 6.41. The molecule has 3 heteroatoms. The van der Waals surface area contributed by atoms with Gasteiger partial charge in [0.1, 0.15) is 6.79 Å². The van der Waals surface area contributed by atoms with E-state index in [4.69, 9.17) is 9.16 Å². The van der Waals surface area contributed by atoms with Gasteiger partial charge in [-0.3, -0.25) is 0 Å². The van der Waals surface area contributed by atoms with Crippen LogP contribution in [0.5, 0.6) is 0 Å². The summed E-state index contributed by atoms with van der Waals surface area (Å²) in [6.45, 7) is 3.03. The molecular weight excluding hydrogens is 240 g/mol. The van der Waals surface area contributed by atoms with Crippen molar-refractivity contribution in [3.63, 3.8) is 0 Å². The van der Waals surface area contributed by atoms with Crippen LogP contribution in [0.25, 0.3) is 0 Å². The second kappa shape index (κ2) is 7.11. The predicted octanol–water partition coefficient (Wildman–Crippen LogP) is 1.54. The molecule has 2 rings (SSSR count). The van der Waals surface area contributed by atoms with Crippen LogP contribution in [0.4, 0.5) is 0 Å². The van der Waals surface area contributed by atoms with E-state index < -0.39 is 9.04 Å². The Kier molecular flexibility index (Phi) is 5.14. The molecule has 2 nitrogen and oxygen atoms in total. The fourth-order valence-corrected chi connectivity index (χ4v) is 3.99. The lowest BCUT2D eigenvalue weighted by atomic mass is 10.4.